The minimum absolute atomic E-state index is 0.255. The number of nitrogen functional groups attached to an aromatic ring is 1. The van der Waals surface area contributed by atoms with E-state index in [9.17, 15) is 0 Å². The summed E-state index contributed by atoms with van der Waals surface area (Å²) in [6, 6.07) is 9.61. The summed E-state index contributed by atoms with van der Waals surface area (Å²) in [5, 5.41) is 4.20. The van der Waals surface area contributed by atoms with Gasteiger partial charge in [-0.25, -0.2) is 4.98 Å². The lowest BCUT2D eigenvalue weighted by Crippen LogP contribution is -2.07. The molecule has 0 saturated heterocycles. The molecule has 3 N–H and O–H groups in total. The van der Waals surface area contributed by atoms with Crippen molar-refractivity contribution in [2.75, 3.05) is 17.6 Å². The maximum absolute atomic E-state index is 5.99. The average molecular weight is 323 g/mol. The Labute approximate surface area is 141 Å². The molecule has 0 amide bonds. The molecule has 0 radical (unpaired) electrons. The van der Waals surface area contributed by atoms with Crippen LogP contribution in [-0.2, 0) is 6.61 Å². The maximum atomic E-state index is 5.99. The van der Waals surface area contributed by atoms with E-state index in [2.05, 4.69) is 27.2 Å². The van der Waals surface area contributed by atoms with Crippen molar-refractivity contribution in [1.82, 2.24) is 15.0 Å². The largest absolute Gasteiger partial charge is 0.488 e. The molecule has 0 fully saturated rings. The van der Waals surface area contributed by atoms with E-state index in [4.69, 9.17) is 10.5 Å². The van der Waals surface area contributed by atoms with E-state index in [1.165, 1.54) is 0 Å². The van der Waals surface area contributed by atoms with Crippen LogP contribution in [0.2, 0.25) is 0 Å². The normalized spacial score (nSPS) is 10.7. The summed E-state index contributed by atoms with van der Waals surface area (Å²) >= 11 is 0. The minimum Gasteiger partial charge on any atom is -0.488 e. The molecular weight excluding hydrogens is 302 g/mol. The van der Waals surface area contributed by atoms with Gasteiger partial charge in [-0.1, -0.05) is 25.5 Å². The molecule has 0 bridgehead atoms. The number of ether oxygens (including phenoxy) is 1. The van der Waals surface area contributed by atoms with Gasteiger partial charge in [0.2, 0.25) is 5.95 Å². The van der Waals surface area contributed by atoms with Crippen LogP contribution < -0.4 is 15.8 Å². The number of aromatic nitrogens is 3. The number of nitrogens with one attached hydrogen (secondary N) is 1. The minimum atomic E-state index is 0.255. The fraction of sp³-hybridized carbons (Fsp3) is 0.278. The van der Waals surface area contributed by atoms with E-state index in [1.807, 2.05) is 30.3 Å². The molecule has 2 heterocycles. The summed E-state index contributed by atoms with van der Waals surface area (Å²) < 4.78 is 5.99. The van der Waals surface area contributed by atoms with E-state index in [0.717, 1.165) is 41.6 Å². The van der Waals surface area contributed by atoms with Gasteiger partial charge < -0.3 is 15.8 Å². The quantitative estimate of drug-likeness (QED) is 0.648. The molecule has 6 nitrogen and oxygen atoms in total. The van der Waals surface area contributed by atoms with Gasteiger partial charge in [0.05, 0.1) is 10.9 Å². The molecule has 0 spiro atoms. The zero-order chi connectivity index (χ0) is 16.8. The fourth-order valence-electron chi connectivity index (χ4n) is 2.45. The third kappa shape index (κ3) is 3.71. The topological polar surface area (TPSA) is 86.0 Å². The number of nitrogens with two attached hydrogens (primary N) is 1. The highest BCUT2D eigenvalue weighted by atomic mass is 16.5. The third-order valence-electron chi connectivity index (χ3n) is 3.64. The second-order valence-electron chi connectivity index (χ2n) is 5.51. The lowest BCUT2D eigenvalue weighted by Gasteiger charge is -2.13. The van der Waals surface area contributed by atoms with E-state index in [0.29, 0.717) is 12.4 Å². The Hall–Kier alpha value is -2.89. The molecule has 2 aromatic heterocycles. The number of pyridine rings is 1. The number of rotatable bonds is 7. The number of unbranched alkanes of at least 4 members (excludes halogenated alkanes) is 1. The van der Waals surface area contributed by atoms with Crippen LogP contribution in [0, 0.1) is 0 Å². The zero-order valence-corrected chi connectivity index (χ0v) is 13.7. The van der Waals surface area contributed by atoms with Crippen molar-refractivity contribution in [2.24, 2.45) is 0 Å². The van der Waals surface area contributed by atoms with Crippen LogP contribution in [-0.4, -0.2) is 21.5 Å². The lowest BCUT2D eigenvalue weighted by atomic mass is 10.2. The zero-order valence-electron chi connectivity index (χ0n) is 13.7. The van der Waals surface area contributed by atoms with Crippen molar-refractivity contribution >= 4 is 22.7 Å². The summed E-state index contributed by atoms with van der Waals surface area (Å²) in [4.78, 5) is 12.8. The third-order valence-corrected chi connectivity index (χ3v) is 3.64. The van der Waals surface area contributed by atoms with E-state index >= 15 is 0 Å². The highest BCUT2D eigenvalue weighted by Gasteiger charge is 2.12. The highest BCUT2D eigenvalue weighted by molar-refractivity contribution is 5.95. The average Bonchev–Trinajstić information content (AvgIpc) is 2.60. The predicted molar refractivity (Wildman–Crippen MR) is 95.9 cm³/mol. The first kappa shape index (κ1) is 16.0. The van der Waals surface area contributed by atoms with Crippen LogP contribution in [0.25, 0.3) is 10.9 Å². The molecule has 0 aliphatic rings. The maximum Gasteiger partial charge on any atom is 0.222 e. The fourth-order valence-corrected chi connectivity index (χ4v) is 2.45. The van der Waals surface area contributed by atoms with Gasteiger partial charge in [-0.3, -0.25) is 4.98 Å². The smallest absolute Gasteiger partial charge is 0.222 e. The van der Waals surface area contributed by atoms with Gasteiger partial charge >= 0.3 is 0 Å². The van der Waals surface area contributed by atoms with Crippen LogP contribution >= 0.6 is 0 Å². The van der Waals surface area contributed by atoms with Crippen molar-refractivity contribution in [3.63, 3.8) is 0 Å². The van der Waals surface area contributed by atoms with Crippen LogP contribution in [0.3, 0.4) is 0 Å². The first-order valence-corrected chi connectivity index (χ1v) is 8.09. The first-order chi connectivity index (χ1) is 11.8. The number of benzene rings is 1. The second kappa shape index (κ2) is 7.59. The predicted octanol–water partition coefficient (Wildman–Crippen LogP) is 3.40. The molecule has 124 valence electrons. The molecule has 0 saturated carbocycles. The van der Waals surface area contributed by atoms with Crippen LogP contribution in [0.4, 0.5) is 11.8 Å². The van der Waals surface area contributed by atoms with Crippen LogP contribution in [0.1, 0.15) is 25.3 Å². The van der Waals surface area contributed by atoms with E-state index in [-0.39, 0.29) is 5.95 Å². The number of anilines is 2. The van der Waals surface area contributed by atoms with E-state index < -0.39 is 0 Å². The number of hydrogen-bond acceptors (Lipinski definition) is 6. The van der Waals surface area contributed by atoms with Gasteiger partial charge in [-0.05, 0) is 24.6 Å². The monoisotopic (exact) mass is 323 g/mol. The Bertz CT molecular complexity index is 807. The molecule has 1 aromatic carbocycles. The van der Waals surface area contributed by atoms with Crippen molar-refractivity contribution in [2.45, 2.75) is 26.4 Å². The van der Waals surface area contributed by atoms with Gasteiger partial charge in [0.15, 0.2) is 0 Å². The van der Waals surface area contributed by atoms with Crippen molar-refractivity contribution < 1.29 is 4.74 Å². The summed E-state index contributed by atoms with van der Waals surface area (Å²) in [7, 11) is 0. The molecule has 0 aliphatic heterocycles. The Kier molecular flexibility index (Phi) is 5.05. The highest BCUT2D eigenvalue weighted by Crippen LogP contribution is 2.31. The Morgan fingerprint density at radius 2 is 2.08 bits per heavy atom. The summed E-state index contributed by atoms with van der Waals surface area (Å²) in [5.74, 6) is 1.70. The Morgan fingerprint density at radius 1 is 1.17 bits per heavy atom. The molecule has 6 heteroatoms. The van der Waals surface area contributed by atoms with Gasteiger partial charge in [-0.15, -0.1) is 0 Å². The molecule has 3 aromatic rings. The molecule has 0 unspecified atom stereocenters. The summed E-state index contributed by atoms with van der Waals surface area (Å²) in [5.41, 5.74) is 7.61. The molecule has 3 rings (SSSR count). The molecule has 24 heavy (non-hydrogen) atoms. The molecule has 0 atom stereocenters. The van der Waals surface area contributed by atoms with Gasteiger partial charge in [0, 0.05) is 24.5 Å². The van der Waals surface area contributed by atoms with Gasteiger partial charge in [0.25, 0.3) is 0 Å². The molecular formula is C18H21N5O. The SMILES string of the molecule is CCCCNc1nc(N)nc2cccc(OCc3cccnc3)c12. The lowest BCUT2D eigenvalue weighted by molar-refractivity contribution is 0.309. The van der Waals surface area contributed by atoms with Gasteiger partial charge in [-0.2, -0.15) is 4.98 Å². The van der Waals surface area contributed by atoms with Crippen LogP contribution in [0.5, 0.6) is 5.75 Å². The van der Waals surface area contributed by atoms with Crippen molar-refractivity contribution in [3.8, 4) is 5.75 Å². The number of fused-ring (bicyclic) bond motifs is 1. The van der Waals surface area contributed by atoms with Gasteiger partial charge in [0.1, 0.15) is 18.2 Å². The van der Waals surface area contributed by atoms with E-state index in [1.54, 1.807) is 12.4 Å². The second-order valence-corrected chi connectivity index (χ2v) is 5.51. The van der Waals surface area contributed by atoms with Crippen molar-refractivity contribution in [3.05, 3.63) is 48.3 Å². The standard InChI is InChI=1S/C18H21N5O/c1-2-3-10-21-17-16-14(22-18(19)23-17)7-4-8-15(16)24-12-13-6-5-9-20-11-13/h4-9,11H,2-3,10,12H2,1H3,(H3,19,21,22,23). The Morgan fingerprint density at radius 3 is 2.88 bits per heavy atom. The number of nitrogens with zero attached hydrogens (tertiary/aromatic N) is 3. The van der Waals surface area contributed by atoms with Crippen molar-refractivity contribution in [1.29, 1.82) is 0 Å². The van der Waals surface area contributed by atoms with Crippen LogP contribution in [0.15, 0.2) is 42.7 Å². The first-order valence-electron chi connectivity index (χ1n) is 8.09. The Balaban J connectivity index is 1.91. The summed E-state index contributed by atoms with van der Waals surface area (Å²) in [6.07, 6.45) is 5.70. The molecule has 0 aliphatic carbocycles. The summed E-state index contributed by atoms with van der Waals surface area (Å²) in [6.45, 7) is 3.42. The number of hydrogen-bond donors (Lipinski definition) is 2.